The Morgan fingerprint density at radius 3 is 2.44 bits per heavy atom. The Balaban J connectivity index is 2.03. The van der Waals surface area contributed by atoms with E-state index in [2.05, 4.69) is 18.7 Å². The molecule has 1 aliphatic heterocycles. The van der Waals surface area contributed by atoms with Gasteiger partial charge < -0.3 is 19.6 Å². The van der Waals surface area contributed by atoms with E-state index < -0.39 is 23.5 Å². The lowest BCUT2D eigenvalue weighted by Crippen LogP contribution is -2.33. The minimum atomic E-state index is -0.757. The Bertz CT molecular complexity index is 1030. The molecule has 1 atom stereocenters. The van der Waals surface area contributed by atoms with Gasteiger partial charge in [-0.1, -0.05) is 32.9 Å². The summed E-state index contributed by atoms with van der Waals surface area (Å²) in [5.74, 6) is -1.52. The first-order valence-corrected chi connectivity index (χ1v) is 11.9. The van der Waals surface area contributed by atoms with Crippen LogP contribution in [0.15, 0.2) is 54.1 Å². The first-order valence-electron chi connectivity index (χ1n) is 11.9. The summed E-state index contributed by atoms with van der Waals surface area (Å²) in [6, 6.07) is 11.7. The fourth-order valence-corrected chi connectivity index (χ4v) is 4.22. The number of likely N-dealkylation sites (tertiary alicyclic amines) is 1. The Kier molecular flexibility index (Phi) is 8.82. The summed E-state index contributed by atoms with van der Waals surface area (Å²) in [7, 11) is 0. The van der Waals surface area contributed by atoms with Crippen LogP contribution >= 0.6 is 0 Å². The Labute approximate surface area is 200 Å². The monoisotopic (exact) mass is 468 g/mol. The predicted molar refractivity (Wildman–Crippen MR) is 130 cm³/mol. The van der Waals surface area contributed by atoms with Crippen molar-refractivity contribution in [3.05, 3.63) is 71.0 Å². The van der Waals surface area contributed by atoms with Crippen LogP contribution in [-0.4, -0.2) is 59.4 Å². The fraction of sp³-hybridized carbons (Fsp3) is 0.407. The number of Topliss-reactive ketones (excluding diaryl/α,β-unsaturated/α-hetero) is 1. The third kappa shape index (κ3) is 5.65. The van der Waals surface area contributed by atoms with E-state index in [1.165, 1.54) is 29.2 Å². The fourth-order valence-electron chi connectivity index (χ4n) is 4.22. The summed E-state index contributed by atoms with van der Waals surface area (Å²) in [6.07, 6.45) is 1.53. The van der Waals surface area contributed by atoms with Gasteiger partial charge in [0.1, 0.15) is 17.3 Å². The number of nitrogens with zero attached hydrogens (tertiary/aromatic N) is 2. The summed E-state index contributed by atoms with van der Waals surface area (Å²) >= 11 is 0. The molecule has 7 heteroatoms. The molecule has 6 nitrogen and oxygen atoms in total. The van der Waals surface area contributed by atoms with Crippen LogP contribution < -0.4 is 4.74 Å². The largest absolute Gasteiger partial charge is 0.507 e. The summed E-state index contributed by atoms with van der Waals surface area (Å²) in [5.41, 5.74) is 0.970. The van der Waals surface area contributed by atoms with Crippen LogP contribution in [0.3, 0.4) is 0 Å². The minimum absolute atomic E-state index is 0.00656. The lowest BCUT2D eigenvalue weighted by molar-refractivity contribution is -0.140. The van der Waals surface area contributed by atoms with Crippen molar-refractivity contribution >= 4 is 17.4 Å². The van der Waals surface area contributed by atoms with Gasteiger partial charge in [0.05, 0.1) is 18.2 Å². The molecule has 0 radical (unpaired) electrons. The minimum Gasteiger partial charge on any atom is -0.507 e. The van der Waals surface area contributed by atoms with E-state index in [4.69, 9.17) is 4.74 Å². The maximum atomic E-state index is 13.4. The van der Waals surface area contributed by atoms with E-state index in [9.17, 15) is 19.1 Å². The van der Waals surface area contributed by atoms with Gasteiger partial charge in [-0.3, -0.25) is 9.59 Å². The van der Waals surface area contributed by atoms with Crippen molar-refractivity contribution in [1.29, 1.82) is 0 Å². The number of carbonyl (C=O) groups excluding carboxylic acids is 2. The molecule has 0 bridgehead atoms. The molecular weight excluding hydrogens is 435 g/mol. The molecule has 0 saturated carbocycles. The van der Waals surface area contributed by atoms with E-state index in [-0.39, 0.29) is 16.9 Å². The van der Waals surface area contributed by atoms with Crippen molar-refractivity contribution in [2.24, 2.45) is 0 Å². The van der Waals surface area contributed by atoms with E-state index in [0.29, 0.717) is 30.9 Å². The van der Waals surface area contributed by atoms with Gasteiger partial charge in [-0.05, 0) is 74.4 Å². The lowest BCUT2D eigenvalue weighted by atomic mass is 9.95. The molecule has 1 heterocycles. The Morgan fingerprint density at radius 1 is 1.09 bits per heavy atom. The molecule has 0 aromatic heterocycles. The van der Waals surface area contributed by atoms with E-state index in [0.717, 1.165) is 26.1 Å². The molecule has 0 unspecified atom stereocenters. The molecule has 2 aromatic rings. The first kappa shape index (κ1) is 25.4. The highest BCUT2D eigenvalue weighted by Crippen LogP contribution is 2.40. The number of rotatable bonds is 11. The number of hydrogen-bond acceptors (Lipinski definition) is 5. The quantitative estimate of drug-likeness (QED) is 0.292. The van der Waals surface area contributed by atoms with Crippen molar-refractivity contribution in [2.45, 2.75) is 39.7 Å². The maximum absolute atomic E-state index is 13.4. The molecule has 1 aliphatic rings. The predicted octanol–water partition coefficient (Wildman–Crippen LogP) is 4.77. The molecule has 0 spiro atoms. The molecule has 1 saturated heterocycles. The number of ether oxygens (including phenoxy) is 1. The van der Waals surface area contributed by atoms with Gasteiger partial charge in [0.2, 0.25) is 0 Å². The van der Waals surface area contributed by atoms with E-state index >= 15 is 0 Å². The zero-order valence-corrected chi connectivity index (χ0v) is 20.1. The van der Waals surface area contributed by atoms with E-state index in [1.807, 2.05) is 31.2 Å². The van der Waals surface area contributed by atoms with Crippen LogP contribution in [0.25, 0.3) is 5.76 Å². The number of aliphatic hydroxyl groups is 1. The standard InChI is InChI=1S/C27H33FN2O4/c1-4-17-34-22-10-7-9-20(18-22)24-23(25(31)19-11-13-21(28)14-12-19)26(32)27(33)30(24)16-8-15-29(5-2)6-3/h7,9-14,18,24,31H,4-6,8,15-17H2,1-3H3/t24-/m1/s1. The van der Waals surface area contributed by atoms with Crippen molar-refractivity contribution < 1.29 is 23.8 Å². The smallest absolute Gasteiger partial charge is 0.295 e. The summed E-state index contributed by atoms with van der Waals surface area (Å²) < 4.78 is 19.2. The highest BCUT2D eigenvalue weighted by molar-refractivity contribution is 6.46. The second-order valence-corrected chi connectivity index (χ2v) is 8.30. The van der Waals surface area contributed by atoms with Gasteiger partial charge in [-0.2, -0.15) is 0 Å². The summed E-state index contributed by atoms with van der Waals surface area (Å²) in [5, 5.41) is 11.1. The molecule has 2 aromatic carbocycles. The highest BCUT2D eigenvalue weighted by Gasteiger charge is 2.45. The lowest BCUT2D eigenvalue weighted by Gasteiger charge is -2.27. The summed E-state index contributed by atoms with van der Waals surface area (Å²) in [4.78, 5) is 30.0. The third-order valence-electron chi connectivity index (χ3n) is 6.07. The Morgan fingerprint density at radius 2 is 1.79 bits per heavy atom. The molecule has 34 heavy (non-hydrogen) atoms. The number of ketones is 1. The Hall–Kier alpha value is -3.19. The second kappa shape index (κ2) is 11.8. The summed E-state index contributed by atoms with van der Waals surface area (Å²) in [6.45, 7) is 9.69. The molecule has 1 fully saturated rings. The van der Waals surface area contributed by atoms with Crippen molar-refractivity contribution in [1.82, 2.24) is 9.80 Å². The van der Waals surface area contributed by atoms with Crippen LogP contribution in [0.2, 0.25) is 0 Å². The maximum Gasteiger partial charge on any atom is 0.295 e. The van der Waals surface area contributed by atoms with Crippen LogP contribution in [0.4, 0.5) is 4.39 Å². The topological polar surface area (TPSA) is 70.1 Å². The number of benzene rings is 2. The van der Waals surface area contributed by atoms with E-state index in [1.54, 1.807) is 0 Å². The van der Waals surface area contributed by atoms with Crippen LogP contribution in [-0.2, 0) is 9.59 Å². The van der Waals surface area contributed by atoms with Gasteiger partial charge in [-0.25, -0.2) is 4.39 Å². The average Bonchev–Trinajstić information content (AvgIpc) is 3.10. The zero-order valence-electron chi connectivity index (χ0n) is 20.1. The average molecular weight is 469 g/mol. The second-order valence-electron chi connectivity index (χ2n) is 8.30. The molecule has 1 amide bonds. The van der Waals surface area contributed by atoms with Crippen molar-refractivity contribution in [3.63, 3.8) is 0 Å². The number of carbonyl (C=O) groups is 2. The van der Waals surface area contributed by atoms with Gasteiger partial charge in [0.25, 0.3) is 11.7 Å². The molecule has 3 rings (SSSR count). The third-order valence-corrected chi connectivity index (χ3v) is 6.07. The van der Waals surface area contributed by atoms with Crippen molar-refractivity contribution in [2.75, 3.05) is 32.8 Å². The molecule has 182 valence electrons. The van der Waals surface area contributed by atoms with Gasteiger partial charge in [0, 0.05) is 12.1 Å². The van der Waals surface area contributed by atoms with Crippen LogP contribution in [0.5, 0.6) is 5.75 Å². The number of amides is 1. The zero-order chi connectivity index (χ0) is 24.7. The van der Waals surface area contributed by atoms with Gasteiger partial charge in [0.15, 0.2) is 0 Å². The highest BCUT2D eigenvalue weighted by atomic mass is 19.1. The number of aliphatic hydroxyl groups excluding tert-OH is 1. The van der Waals surface area contributed by atoms with Crippen LogP contribution in [0.1, 0.15) is 50.8 Å². The van der Waals surface area contributed by atoms with Gasteiger partial charge >= 0.3 is 0 Å². The first-order chi connectivity index (χ1) is 16.4. The van der Waals surface area contributed by atoms with Crippen molar-refractivity contribution in [3.8, 4) is 5.75 Å². The molecule has 1 N–H and O–H groups in total. The van der Waals surface area contributed by atoms with Gasteiger partial charge in [-0.15, -0.1) is 0 Å². The SMILES string of the molecule is CCCOc1cccc([C@@H]2C(=C(O)c3ccc(F)cc3)C(=O)C(=O)N2CCCN(CC)CC)c1. The normalized spacial score (nSPS) is 17.6. The molecular formula is C27H33FN2O4. The van der Waals surface area contributed by atoms with Crippen LogP contribution in [0, 0.1) is 5.82 Å². The molecule has 0 aliphatic carbocycles. The number of halogens is 1. The number of hydrogen-bond donors (Lipinski definition) is 1.